The lowest BCUT2D eigenvalue weighted by atomic mass is 10.2. The molecule has 0 fully saturated rings. The van der Waals surface area contributed by atoms with Gasteiger partial charge in [-0.05, 0) is 55.8 Å². The summed E-state index contributed by atoms with van der Waals surface area (Å²) in [6.07, 6.45) is 0. The zero-order chi connectivity index (χ0) is 20.1. The first-order valence-electron chi connectivity index (χ1n) is 8.71. The lowest BCUT2D eigenvalue weighted by molar-refractivity contribution is 0.102. The van der Waals surface area contributed by atoms with Gasteiger partial charge in [0, 0.05) is 11.8 Å². The average molecular weight is 378 g/mol. The number of carbonyl (C=O) groups excluding carboxylic acids is 1. The number of nitrogens with zero attached hydrogens (tertiary/aromatic N) is 2. The highest BCUT2D eigenvalue weighted by Crippen LogP contribution is 2.26. The van der Waals surface area contributed by atoms with E-state index in [2.05, 4.69) is 20.6 Å². The lowest BCUT2D eigenvalue weighted by Crippen LogP contribution is -2.16. The summed E-state index contributed by atoms with van der Waals surface area (Å²) in [6, 6.07) is 14.6. The number of amides is 1. The summed E-state index contributed by atoms with van der Waals surface area (Å²) in [6.45, 7) is 3.68. The molecular weight excluding hydrogens is 356 g/mol. The van der Waals surface area contributed by atoms with Crippen molar-refractivity contribution in [1.82, 2.24) is 9.97 Å². The number of ether oxygens (including phenoxy) is 2. The Morgan fingerprint density at radius 1 is 0.929 bits per heavy atom. The largest absolute Gasteiger partial charge is 0.497 e. The van der Waals surface area contributed by atoms with Gasteiger partial charge >= 0.3 is 0 Å². The molecule has 2 N–H and O–H groups in total. The third kappa shape index (κ3) is 4.56. The number of carbonyl (C=O) groups is 1. The van der Waals surface area contributed by atoms with Gasteiger partial charge in [-0.1, -0.05) is 6.07 Å². The van der Waals surface area contributed by atoms with Gasteiger partial charge in [-0.15, -0.1) is 0 Å². The molecule has 3 rings (SSSR count). The second-order valence-electron chi connectivity index (χ2n) is 6.20. The van der Waals surface area contributed by atoms with E-state index in [0.29, 0.717) is 23.1 Å². The van der Waals surface area contributed by atoms with Crippen molar-refractivity contribution in [3.63, 3.8) is 0 Å². The van der Waals surface area contributed by atoms with Gasteiger partial charge in [0.1, 0.15) is 28.8 Å². The quantitative estimate of drug-likeness (QED) is 0.671. The van der Waals surface area contributed by atoms with E-state index in [4.69, 9.17) is 9.47 Å². The highest BCUT2D eigenvalue weighted by molar-refractivity contribution is 6.04. The molecule has 1 aromatic heterocycles. The molecular formula is C21H22N4O3. The third-order valence-corrected chi connectivity index (χ3v) is 4.04. The van der Waals surface area contributed by atoms with Crippen LogP contribution in [-0.4, -0.2) is 30.1 Å². The van der Waals surface area contributed by atoms with Crippen LogP contribution in [-0.2, 0) is 0 Å². The highest BCUT2D eigenvalue weighted by Gasteiger charge is 2.14. The zero-order valence-electron chi connectivity index (χ0n) is 16.2. The fraction of sp³-hybridized carbons (Fsp3) is 0.190. The Morgan fingerprint density at radius 3 is 2.36 bits per heavy atom. The second-order valence-corrected chi connectivity index (χ2v) is 6.20. The molecule has 0 saturated carbocycles. The minimum Gasteiger partial charge on any atom is -0.497 e. The number of benzene rings is 2. The standard InChI is InChI=1S/C21H22N4O3/c1-13-5-10-19(28-4)17(11-13)25-21(26)18-12-20(23-14(2)22-18)24-15-6-8-16(27-3)9-7-15/h5-12H,1-4H3,(H,25,26)(H,22,23,24). The van der Waals surface area contributed by atoms with Crippen LogP contribution in [0, 0.1) is 13.8 Å². The second kappa shape index (κ2) is 8.39. The van der Waals surface area contributed by atoms with E-state index in [9.17, 15) is 4.79 Å². The molecule has 0 spiro atoms. The van der Waals surface area contributed by atoms with Gasteiger partial charge in [0.2, 0.25) is 0 Å². The Bertz CT molecular complexity index is 987. The summed E-state index contributed by atoms with van der Waals surface area (Å²) < 4.78 is 10.5. The van der Waals surface area contributed by atoms with Crippen LogP contribution in [0.25, 0.3) is 0 Å². The van der Waals surface area contributed by atoms with E-state index in [-0.39, 0.29) is 11.6 Å². The maximum absolute atomic E-state index is 12.7. The Labute approximate surface area is 163 Å². The van der Waals surface area contributed by atoms with Gasteiger partial charge in [-0.25, -0.2) is 9.97 Å². The molecule has 7 nitrogen and oxygen atoms in total. The molecule has 144 valence electrons. The number of hydrogen-bond donors (Lipinski definition) is 2. The Balaban J connectivity index is 1.82. The van der Waals surface area contributed by atoms with Gasteiger partial charge in [0.05, 0.1) is 19.9 Å². The van der Waals surface area contributed by atoms with Gasteiger partial charge < -0.3 is 20.1 Å². The lowest BCUT2D eigenvalue weighted by Gasteiger charge is -2.12. The number of rotatable bonds is 6. The van der Waals surface area contributed by atoms with Crippen molar-refractivity contribution in [2.24, 2.45) is 0 Å². The number of nitrogens with one attached hydrogen (secondary N) is 2. The molecule has 0 bridgehead atoms. The fourth-order valence-electron chi connectivity index (χ4n) is 2.68. The smallest absolute Gasteiger partial charge is 0.274 e. The minimum atomic E-state index is -0.341. The molecule has 0 aliphatic heterocycles. The van der Waals surface area contributed by atoms with Crippen LogP contribution in [0.4, 0.5) is 17.2 Å². The van der Waals surface area contributed by atoms with Crippen LogP contribution in [0.15, 0.2) is 48.5 Å². The predicted octanol–water partition coefficient (Wildman–Crippen LogP) is 4.11. The number of aryl methyl sites for hydroxylation is 2. The maximum atomic E-state index is 12.7. The molecule has 2 aromatic carbocycles. The van der Waals surface area contributed by atoms with Crippen molar-refractivity contribution in [2.45, 2.75) is 13.8 Å². The molecule has 3 aromatic rings. The molecule has 0 unspecified atom stereocenters. The number of anilines is 3. The van der Waals surface area contributed by atoms with Gasteiger partial charge in [-0.2, -0.15) is 0 Å². The van der Waals surface area contributed by atoms with Crippen LogP contribution < -0.4 is 20.1 Å². The SMILES string of the molecule is COc1ccc(Nc2cc(C(=O)Nc3cc(C)ccc3OC)nc(C)n2)cc1. The summed E-state index contributed by atoms with van der Waals surface area (Å²) in [7, 11) is 3.18. The Kier molecular flexibility index (Phi) is 5.74. The van der Waals surface area contributed by atoms with Crippen molar-refractivity contribution in [1.29, 1.82) is 0 Å². The molecule has 0 saturated heterocycles. The molecule has 0 aliphatic rings. The summed E-state index contributed by atoms with van der Waals surface area (Å²) in [5, 5.41) is 6.03. The van der Waals surface area contributed by atoms with Crippen LogP contribution in [0.2, 0.25) is 0 Å². The average Bonchev–Trinajstić information content (AvgIpc) is 2.68. The van der Waals surface area contributed by atoms with E-state index < -0.39 is 0 Å². The van der Waals surface area contributed by atoms with E-state index in [1.54, 1.807) is 27.2 Å². The van der Waals surface area contributed by atoms with Crippen molar-refractivity contribution < 1.29 is 14.3 Å². The molecule has 28 heavy (non-hydrogen) atoms. The number of methoxy groups -OCH3 is 2. The normalized spacial score (nSPS) is 10.3. The van der Waals surface area contributed by atoms with Crippen LogP contribution >= 0.6 is 0 Å². The van der Waals surface area contributed by atoms with Crippen LogP contribution in [0.5, 0.6) is 11.5 Å². The minimum absolute atomic E-state index is 0.257. The highest BCUT2D eigenvalue weighted by atomic mass is 16.5. The molecule has 0 aliphatic carbocycles. The first kappa shape index (κ1) is 19.2. The molecule has 1 amide bonds. The molecule has 0 atom stereocenters. The maximum Gasteiger partial charge on any atom is 0.274 e. The first-order chi connectivity index (χ1) is 13.5. The van der Waals surface area contributed by atoms with Crippen LogP contribution in [0.1, 0.15) is 21.9 Å². The monoisotopic (exact) mass is 378 g/mol. The van der Waals surface area contributed by atoms with Gasteiger partial charge in [0.25, 0.3) is 5.91 Å². The van der Waals surface area contributed by atoms with Crippen LogP contribution in [0.3, 0.4) is 0 Å². The van der Waals surface area contributed by atoms with Crippen molar-refractivity contribution in [3.8, 4) is 11.5 Å². The summed E-state index contributed by atoms with van der Waals surface area (Å²) in [5.74, 6) is 2.02. The first-order valence-corrected chi connectivity index (χ1v) is 8.71. The number of aromatic nitrogens is 2. The summed E-state index contributed by atoms with van der Waals surface area (Å²) in [5.41, 5.74) is 2.68. The van der Waals surface area contributed by atoms with Gasteiger partial charge in [-0.3, -0.25) is 4.79 Å². The topological polar surface area (TPSA) is 85.4 Å². The van der Waals surface area contributed by atoms with E-state index >= 15 is 0 Å². The molecule has 7 heteroatoms. The van der Waals surface area contributed by atoms with E-state index in [0.717, 1.165) is 17.0 Å². The molecule has 1 heterocycles. The Morgan fingerprint density at radius 2 is 1.68 bits per heavy atom. The van der Waals surface area contributed by atoms with E-state index in [1.165, 1.54) is 0 Å². The van der Waals surface area contributed by atoms with Crippen molar-refractivity contribution >= 4 is 23.1 Å². The van der Waals surface area contributed by atoms with E-state index in [1.807, 2.05) is 49.4 Å². The number of hydrogen-bond acceptors (Lipinski definition) is 6. The fourth-order valence-corrected chi connectivity index (χ4v) is 2.68. The summed E-state index contributed by atoms with van der Waals surface area (Å²) >= 11 is 0. The van der Waals surface area contributed by atoms with Crippen molar-refractivity contribution in [2.75, 3.05) is 24.9 Å². The summed E-state index contributed by atoms with van der Waals surface area (Å²) in [4.78, 5) is 21.3. The predicted molar refractivity (Wildman–Crippen MR) is 109 cm³/mol. The Hall–Kier alpha value is -3.61. The van der Waals surface area contributed by atoms with Gasteiger partial charge in [0.15, 0.2) is 0 Å². The zero-order valence-corrected chi connectivity index (χ0v) is 16.2. The third-order valence-electron chi connectivity index (χ3n) is 4.04. The van der Waals surface area contributed by atoms with Crippen molar-refractivity contribution in [3.05, 3.63) is 65.6 Å². The molecule has 0 radical (unpaired) electrons.